The van der Waals surface area contributed by atoms with Crippen LogP contribution in [-0.4, -0.2) is 30.9 Å². The summed E-state index contributed by atoms with van der Waals surface area (Å²) in [4.78, 5) is 2.29. The van der Waals surface area contributed by atoms with Crippen LogP contribution in [-0.2, 0) is 13.1 Å². The molecule has 0 N–H and O–H groups in total. The van der Waals surface area contributed by atoms with Crippen LogP contribution in [0.5, 0.6) is 0 Å². The minimum absolute atomic E-state index is 0.775. The van der Waals surface area contributed by atoms with Gasteiger partial charge in [-0.15, -0.1) is 15.3 Å². The fraction of sp³-hybridized carbons (Fsp3) is 0.235. The number of aryl methyl sites for hydroxylation is 1. The van der Waals surface area contributed by atoms with Gasteiger partial charge in [0.1, 0.15) is 5.82 Å². The fourth-order valence-electron chi connectivity index (χ4n) is 3.43. The molecule has 0 unspecified atom stereocenters. The molecule has 1 aliphatic rings. The van der Waals surface area contributed by atoms with E-state index in [2.05, 4.69) is 36.9 Å². The van der Waals surface area contributed by atoms with Crippen LogP contribution in [0.3, 0.4) is 0 Å². The van der Waals surface area contributed by atoms with Gasteiger partial charge in [0.2, 0.25) is 0 Å². The highest BCUT2D eigenvalue weighted by atomic mass is 35.5. The maximum absolute atomic E-state index is 6.15. The quantitative estimate of drug-likeness (QED) is 0.535. The van der Waals surface area contributed by atoms with Crippen LogP contribution in [0, 0.1) is 6.92 Å². The number of fused-ring (bicyclic) bond motifs is 4. The Balaban J connectivity index is 1.55. The van der Waals surface area contributed by atoms with Crippen LogP contribution in [0.1, 0.15) is 11.5 Å². The summed E-state index contributed by atoms with van der Waals surface area (Å²) < 4.78 is 4.14. The Morgan fingerprint density at radius 1 is 1.04 bits per heavy atom. The van der Waals surface area contributed by atoms with Gasteiger partial charge in [-0.05, 0) is 37.3 Å². The second-order valence-corrected chi connectivity index (χ2v) is 6.56. The van der Waals surface area contributed by atoms with E-state index in [9.17, 15) is 0 Å². The molecule has 0 saturated heterocycles. The molecule has 120 valence electrons. The number of nitrogens with zero attached hydrogens (tertiary/aromatic N) is 6. The molecule has 6 nitrogen and oxygen atoms in total. The molecular weight excluding hydrogens is 324 g/mol. The summed E-state index contributed by atoms with van der Waals surface area (Å²) in [6.07, 6.45) is 0. The Morgan fingerprint density at radius 3 is 2.88 bits per heavy atom. The molecule has 0 saturated carbocycles. The van der Waals surface area contributed by atoms with Gasteiger partial charge in [-0.3, -0.25) is 0 Å². The molecule has 1 aromatic carbocycles. The number of halogens is 1. The van der Waals surface area contributed by atoms with E-state index in [-0.39, 0.29) is 0 Å². The maximum atomic E-state index is 6.15. The molecular formula is C17H15ClN6. The molecule has 1 aliphatic heterocycles. The highest BCUT2D eigenvalue weighted by Crippen LogP contribution is 2.28. The summed E-state index contributed by atoms with van der Waals surface area (Å²) >= 11 is 6.15. The number of benzene rings is 1. The highest BCUT2D eigenvalue weighted by molar-refractivity contribution is 6.31. The molecule has 0 radical (unpaired) electrons. The van der Waals surface area contributed by atoms with Gasteiger partial charge in [0, 0.05) is 34.7 Å². The van der Waals surface area contributed by atoms with Crippen LogP contribution < -0.4 is 4.90 Å². The minimum Gasteiger partial charge on any atom is -0.348 e. The van der Waals surface area contributed by atoms with Crippen LogP contribution >= 0.6 is 11.6 Å². The zero-order valence-electron chi connectivity index (χ0n) is 13.1. The van der Waals surface area contributed by atoms with E-state index in [1.807, 2.05) is 31.2 Å². The molecule has 0 atom stereocenters. The molecule has 0 fully saturated rings. The third kappa shape index (κ3) is 1.99. The third-order valence-corrected chi connectivity index (χ3v) is 4.86. The summed E-state index contributed by atoms with van der Waals surface area (Å²) in [7, 11) is 0. The standard InChI is InChI=1S/C17H15ClN6/c1-11-19-20-16-4-5-17(21-24(11)16)22-6-7-23-14(10-22)8-12-2-3-13(18)9-15(12)23/h2-5,8-9H,6-7,10H2,1H3. The lowest BCUT2D eigenvalue weighted by Gasteiger charge is -2.29. The SMILES string of the molecule is Cc1nnc2ccc(N3CCn4c(cc5ccc(Cl)cc54)C3)nn12. The number of anilines is 1. The van der Waals surface area contributed by atoms with Gasteiger partial charge in [0.15, 0.2) is 11.5 Å². The molecule has 0 bridgehead atoms. The van der Waals surface area contributed by atoms with Crippen molar-refractivity contribution >= 4 is 34.0 Å². The Morgan fingerprint density at radius 2 is 1.96 bits per heavy atom. The van der Waals surface area contributed by atoms with Crippen molar-refractivity contribution in [3.63, 3.8) is 0 Å². The van der Waals surface area contributed by atoms with Gasteiger partial charge in [-0.2, -0.15) is 4.52 Å². The molecule has 4 aromatic rings. The van der Waals surface area contributed by atoms with Crippen molar-refractivity contribution < 1.29 is 0 Å². The molecule has 24 heavy (non-hydrogen) atoms. The number of hydrogen-bond acceptors (Lipinski definition) is 4. The summed E-state index contributed by atoms with van der Waals surface area (Å²) in [5.41, 5.74) is 3.26. The van der Waals surface area contributed by atoms with E-state index in [1.54, 1.807) is 4.52 Å². The van der Waals surface area contributed by atoms with E-state index in [4.69, 9.17) is 11.6 Å². The summed E-state index contributed by atoms with van der Waals surface area (Å²) in [5.74, 6) is 1.74. The third-order valence-electron chi connectivity index (χ3n) is 4.63. The zero-order chi connectivity index (χ0) is 16.3. The van der Waals surface area contributed by atoms with Crippen molar-refractivity contribution in [2.75, 3.05) is 11.4 Å². The first-order valence-electron chi connectivity index (χ1n) is 7.91. The summed E-state index contributed by atoms with van der Waals surface area (Å²) in [6.45, 7) is 4.56. The van der Waals surface area contributed by atoms with Crippen molar-refractivity contribution in [3.8, 4) is 0 Å². The minimum atomic E-state index is 0.775. The average Bonchev–Trinajstić information content (AvgIpc) is 3.14. The van der Waals surface area contributed by atoms with E-state index in [0.717, 1.165) is 41.9 Å². The molecule has 0 amide bonds. The van der Waals surface area contributed by atoms with E-state index >= 15 is 0 Å². The van der Waals surface area contributed by atoms with Crippen LogP contribution in [0.4, 0.5) is 5.82 Å². The second kappa shape index (κ2) is 4.95. The lowest BCUT2D eigenvalue weighted by Crippen LogP contribution is -2.34. The number of aromatic nitrogens is 5. The van der Waals surface area contributed by atoms with E-state index < -0.39 is 0 Å². The normalized spacial score (nSPS) is 14.5. The maximum Gasteiger partial charge on any atom is 0.178 e. The van der Waals surface area contributed by atoms with Crippen molar-refractivity contribution in [1.29, 1.82) is 0 Å². The van der Waals surface area contributed by atoms with Gasteiger partial charge in [-0.25, -0.2) is 0 Å². The first-order valence-corrected chi connectivity index (χ1v) is 8.28. The monoisotopic (exact) mass is 338 g/mol. The largest absolute Gasteiger partial charge is 0.348 e. The Bertz CT molecular complexity index is 1080. The predicted octanol–water partition coefficient (Wildman–Crippen LogP) is 3.06. The van der Waals surface area contributed by atoms with E-state index in [1.165, 1.54) is 16.6 Å². The van der Waals surface area contributed by atoms with E-state index in [0.29, 0.717) is 0 Å². The first-order chi connectivity index (χ1) is 11.7. The molecule has 5 rings (SSSR count). The molecule has 4 heterocycles. The summed E-state index contributed by atoms with van der Waals surface area (Å²) in [5, 5.41) is 14.9. The lowest BCUT2D eigenvalue weighted by molar-refractivity contribution is 0.577. The van der Waals surface area contributed by atoms with Gasteiger partial charge in [0.05, 0.1) is 6.54 Å². The van der Waals surface area contributed by atoms with Crippen molar-refractivity contribution in [2.24, 2.45) is 0 Å². The van der Waals surface area contributed by atoms with Gasteiger partial charge in [-0.1, -0.05) is 17.7 Å². The number of hydrogen-bond donors (Lipinski definition) is 0. The van der Waals surface area contributed by atoms with Gasteiger partial charge in [0.25, 0.3) is 0 Å². The van der Waals surface area contributed by atoms with Crippen molar-refractivity contribution in [1.82, 2.24) is 24.4 Å². The van der Waals surface area contributed by atoms with Crippen molar-refractivity contribution in [2.45, 2.75) is 20.0 Å². The van der Waals surface area contributed by atoms with Crippen LogP contribution in [0.15, 0.2) is 36.4 Å². The summed E-state index contributed by atoms with van der Waals surface area (Å²) in [6, 6.07) is 12.3. The predicted molar refractivity (Wildman–Crippen MR) is 93.5 cm³/mol. The molecule has 0 aliphatic carbocycles. The zero-order valence-corrected chi connectivity index (χ0v) is 13.9. The Hall–Kier alpha value is -2.60. The topological polar surface area (TPSA) is 51.2 Å². The van der Waals surface area contributed by atoms with Crippen LogP contribution in [0.25, 0.3) is 16.6 Å². The molecule has 7 heteroatoms. The molecule has 3 aromatic heterocycles. The molecule has 0 spiro atoms. The average molecular weight is 339 g/mol. The Kier molecular flexibility index (Phi) is 2.84. The van der Waals surface area contributed by atoms with Gasteiger partial charge >= 0.3 is 0 Å². The van der Waals surface area contributed by atoms with Crippen LogP contribution in [0.2, 0.25) is 5.02 Å². The van der Waals surface area contributed by atoms with Crippen molar-refractivity contribution in [3.05, 3.63) is 52.9 Å². The Labute approximate surface area is 143 Å². The smallest absolute Gasteiger partial charge is 0.178 e. The lowest BCUT2D eigenvalue weighted by atomic mass is 10.2. The number of rotatable bonds is 1. The first kappa shape index (κ1) is 13.8. The highest BCUT2D eigenvalue weighted by Gasteiger charge is 2.20. The van der Waals surface area contributed by atoms with Gasteiger partial charge < -0.3 is 9.47 Å². The fourth-order valence-corrected chi connectivity index (χ4v) is 3.59. The second-order valence-electron chi connectivity index (χ2n) is 6.12.